The van der Waals surface area contributed by atoms with Crippen LogP contribution in [0.3, 0.4) is 0 Å². The summed E-state index contributed by atoms with van der Waals surface area (Å²) in [7, 11) is 1.57. The molecule has 0 aliphatic heterocycles. The molecule has 0 saturated carbocycles. The first kappa shape index (κ1) is 20.5. The van der Waals surface area contributed by atoms with E-state index in [2.05, 4.69) is 10.6 Å². The maximum atomic E-state index is 12.4. The Morgan fingerprint density at radius 1 is 1.07 bits per heavy atom. The van der Waals surface area contributed by atoms with Gasteiger partial charge in [0.05, 0.1) is 25.9 Å². The Bertz CT molecular complexity index is 765. The van der Waals surface area contributed by atoms with E-state index in [1.165, 1.54) is 0 Å². The molecule has 6 nitrogen and oxygen atoms in total. The van der Waals surface area contributed by atoms with Crippen molar-refractivity contribution < 1.29 is 14.3 Å². The average molecular weight is 388 g/mol. The van der Waals surface area contributed by atoms with Crippen LogP contribution < -0.4 is 20.1 Å². The molecule has 2 aromatic carbocycles. The van der Waals surface area contributed by atoms with Crippen molar-refractivity contribution in [1.82, 2.24) is 4.90 Å². The zero-order valence-corrected chi connectivity index (χ0v) is 16.6. The van der Waals surface area contributed by atoms with Crippen LogP contribution in [0, 0.1) is 0 Å². The van der Waals surface area contributed by atoms with Gasteiger partial charge < -0.3 is 25.0 Å². The number of para-hydroxylation sites is 2. The molecule has 27 heavy (non-hydrogen) atoms. The highest BCUT2D eigenvalue weighted by Crippen LogP contribution is 2.23. The van der Waals surface area contributed by atoms with Gasteiger partial charge in [-0.3, -0.25) is 4.79 Å². The van der Waals surface area contributed by atoms with Crippen molar-refractivity contribution in [2.45, 2.75) is 13.8 Å². The van der Waals surface area contributed by atoms with Gasteiger partial charge in [-0.05, 0) is 62.5 Å². The molecule has 0 heterocycles. The molecule has 2 N–H and O–H groups in total. The molecular formula is C20H25N3O3S. The maximum Gasteiger partial charge on any atom is 0.244 e. The molecule has 2 rings (SSSR count). The van der Waals surface area contributed by atoms with E-state index in [1.54, 1.807) is 24.1 Å². The molecule has 0 atom stereocenters. The summed E-state index contributed by atoms with van der Waals surface area (Å²) in [6.45, 7) is 5.24. The summed E-state index contributed by atoms with van der Waals surface area (Å²) >= 11 is 5.45. The number of rotatable bonds is 8. The molecule has 7 heteroatoms. The Morgan fingerprint density at radius 2 is 1.78 bits per heavy atom. The number of nitrogens with one attached hydrogen (secondary N) is 2. The van der Waals surface area contributed by atoms with Crippen LogP contribution in [0.15, 0.2) is 48.5 Å². The van der Waals surface area contributed by atoms with Gasteiger partial charge in [-0.1, -0.05) is 12.1 Å². The first-order valence-electron chi connectivity index (χ1n) is 8.79. The van der Waals surface area contributed by atoms with E-state index in [4.69, 9.17) is 21.7 Å². The summed E-state index contributed by atoms with van der Waals surface area (Å²) in [5.74, 6) is 1.25. The van der Waals surface area contributed by atoms with Crippen LogP contribution in [0.4, 0.5) is 11.4 Å². The van der Waals surface area contributed by atoms with Crippen LogP contribution in [-0.4, -0.2) is 42.7 Å². The number of carbonyl (C=O) groups excluding carboxylic acids is 1. The summed E-state index contributed by atoms with van der Waals surface area (Å²) in [4.78, 5) is 14.2. The van der Waals surface area contributed by atoms with Crippen molar-refractivity contribution in [3.05, 3.63) is 48.5 Å². The largest absolute Gasteiger partial charge is 0.495 e. The second-order valence-electron chi connectivity index (χ2n) is 5.65. The van der Waals surface area contributed by atoms with Crippen LogP contribution in [0.25, 0.3) is 0 Å². The van der Waals surface area contributed by atoms with Crippen LogP contribution in [-0.2, 0) is 4.79 Å². The average Bonchev–Trinajstić information content (AvgIpc) is 2.68. The van der Waals surface area contributed by atoms with Crippen LogP contribution in [0.1, 0.15) is 13.8 Å². The first-order chi connectivity index (χ1) is 13.1. The van der Waals surface area contributed by atoms with Crippen molar-refractivity contribution in [3.8, 4) is 11.5 Å². The van der Waals surface area contributed by atoms with E-state index in [0.29, 0.717) is 29.7 Å². The lowest BCUT2D eigenvalue weighted by atomic mass is 10.3. The van der Waals surface area contributed by atoms with Crippen LogP contribution in [0.5, 0.6) is 11.5 Å². The summed E-state index contributed by atoms with van der Waals surface area (Å²) < 4.78 is 10.7. The fraction of sp³-hybridized carbons (Fsp3) is 0.300. The van der Waals surface area contributed by atoms with Gasteiger partial charge in [-0.2, -0.15) is 0 Å². The number of amides is 1. The second-order valence-corrected chi connectivity index (χ2v) is 6.04. The number of likely N-dealkylation sites (N-methyl/N-ethyl adjacent to an activating group) is 1. The highest BCUT2D eigenvalue weighted by molar-refractivity contribution is 7.80. The Morgan fingerprint density at radius 3 is 2.41 bits per heavy atom. The van der Waals surface area contributed by atoms with Crippen molar-refractivity contribution in [1.29, 1.82) is 0 Å². The predicted octanol–water partition coefficient (Wildman–Crippen LogP) is 3.75. The number of nitrogens with zero attached hydrogens (tertiary/aromatic N) is 1. The lowest BCUT2D eigenvalue weighted by Crippen LogP contribution is -2.40. The molecule has 0 aliphatic carbocycles. The minimum absolute atomic E-state index is 0.136. The van der Waals surface area contributed by atoms with Gasteiger partial charge in [0.1, 0.15) is 11.5 Å². The quantitative estimate of drug-likeness (QED) is 0.673. The van der Waals surface area contributed by atoms with Crippen molar-refractivity contribution in [2.75, 3.05) is 37.4 Å². The number of hydrogen-bond donors (Lipinski definition) is 2. The first-order valence-corrected chi connectivity index (χ1v) is 9.19. The van der Waals surface area contributed by atoms with Gasteiger partial charge >= 0.3 is 0 Å². The van der Waals surface area contributed by atoms with Crippen LogP contribution in [0.2, 0.25) is 0 Å². The zero-order valence-electron chi connectivity index (χ0n) is 15.8. The molecule has 0 saturated heterocycles. The topological polar surface area (TPSA) is 62.8 Å². The maximum absolute atomic E-state index is 12.4. The number of thiocarbonyl (C=S) groups is 1. The molecule has 1 amide bonds. The van der Waals surface area contributed by atoms with E-state index >= 15 is 0 Å². The van der Waals surface area contributed by atoms with E-state index in [9.17, 15) is 4.79 Å². The van der Waals surface area contributed by atoms with E-state index in [-0.39, 0.29) is 12.5 Å². The summed E-state index contributed by atoms with van der Waals surface area (Å²) in [5.41, 5.74) is 1.47. The lowest BCUT2D eigenvalue weighted by Gasteiger charge is -2.24. The van der Waals surface area contributed by atoms with E-state index in [0.717, 1.165) is 11.4 Å². The number of anilines is 2. The van der Waals surface area contributed by atoms with Crippen molar-refractivity contribution >= 4 is 34.6 Å². The highest BCUT2D eigenvalue weighted by Gasteiger charge is 2.14. The standard InChI is InChI=1S/C20H25N3O3S/c1-4-23(14-19(24)22-17-8-6-7-9-18(17)25-3)20(27)21-15-10-12-16(13-11-15)26-5-2/h6-13H,4-5,14H2,1-3H3,(H,21,27)(H,22,24). The van der Waals surface area contributed by atoms with Gasteiger partial charge in [-0.25, -0.2) is 0 Å². The molecule has 144 valence electrons. The number of ether oxygens (including phenoxy) is 2. The number of hydrogen-bond acceptors (Lipinski definition) is 4. The van der Waals surface area contributed by atoms with Gasteiger partial charge in [0, 0.05) is 12.2 Å². The zero-order chi connectivity index (χ0) is 19.6. The lowest BCUT2D eigenvalue weighted by molar-refractivity contribution is -0.116. The smallest absolute Gasteiger partial charge is 0.244 e. The van der Waals surface area contributed by atoms with E-state index in [1.807, 2.05) is 50.2 Å². The fourth-order valence-electron chi connectivity index (χ4n) is 2.44. The Balaban J connectivity index is 1.94. The third kappa shape index (κ3) is 6.14. The highest BCUT2D eigenvalue weighted by atomic mass is 32.1. The minimum Gasteiger partial charge on any atom is -0.495 e. The third-order valence-corrected chi connectivity index (χ3v) is 4.16. The molecule has 0 fully saturated rings. The summed E-state index contributed by atoms with van der Waals surface area (Å²) in [6, 6.07) is 14.8. The molecule has 0 unspecified atom stereocenters. The second kappa shape index (κ2) is 10.4. The fourth-order valence-corrected chi connectivity index (χ4v) is 2.75. The van der Waals surface area contributed by atoms with Gasteiger partial charge in [-0.15, -0.1) is 0 Å². The molecule has 0 radical (unpaired) electrons. The van der Waals surface area contributed by atoms with Crippen LogP contribution >= 0.6 is 12.2 Å². The molecule has 2 aromatic rings. The molecule has 0 bridgehead atoms. The Labute approximate surface area is 165 Å². The molecule has 0 aliphatic rings. The Hall–Kier alpha value is -2.80. The van der Waals surface area contributed by atoms with Crippen molar-refractivity contribution in [2.24, 2.45) is 0 Å². The number of methoxy groups -OCH3 is 1. The molecule has 0 spiro atoms. The summed E-state index contributed by atoms with van der Waals surface area (Å²) in [5, 5.41) is 6.49. The SMILES string of the molecule is CCOc1ccc(NC(=S)N(CC)CC(=O)Nc2ccccc2OC)cc1. The van der Waals surface area contributed by atoms with Gasteiger partial charge in [0.25, 0.3) is 0 Å². The van der Waals surface area contributed by atoms with Crippen molar-refractivity contribution in [3.63, 3.8) is 0 Å². The van der Waals surface area contributed by atoms with E-state index < -0.39 is 0 Å². The number of benzene rings is 2. The van der Waals surface area contributed by atoms with Gasteiger partial charge in [0.15, 0.2) is 5.11 Å². The minimum atomic E-state index is -0.169. The predicted molar refractivity (Wildman–Crippen MR) is 113 cm³/mol. The summed E-state index contributed by atoms with van der Waals surface area (Å²) in [6.07, 6.45) is 0. The third-order valence-electron chi connectivity index (χ3n) is 3.80. The monoisotopic (exact) mass is 387 g/mol. The Kier molecular flexibility index (Phi) is 7.88. The molecule has 0 aromatic heterocycles. The number of carbonyl (C=O) groups is 1. The van der Waals surface area contributed by atoms with Gasteiger partial charge in [0.2, 0.25) is 5.91 Å². The normalized spacial score (nSPS) is 10.0. The molecular weight excluding hydrogens is 362 g/mol.